The molecule has 1 aromatic carbocycles. The average molecular weight is 404 g/mol. The van der Waals surface area contributed by atoms with Crippen molar-refractivity contribution in [1.29, 1.82) is 0 Å². The number of hydrogen-bond donors (Lipinski definition) is 1. The molecule has 0 saturated carbocycles. The highest BCUT2D eigenvalue weighted by Gasteiger charge is 2.52. The first-order valence-corrected chi connectivity index (χ1v) is 8.78. The van der Waals surface area contributed by atoms with Gasteiger partial charge in [-0.2, -0.15) is 13.2 Å². The number of amides is 1. The Bertz CT molecular complexity index is 747. The van der Waals surface area contributed by atoms with Crippen LogP contribution in [0.1, 0.15) is 45.7 Å². The predicted octanol–water partition coefficient (Wildman–Crippen LogP) is 4.51. The summed E-state index contributed by atoms with van der Waals surface area (Å²) in [6, 6.07) is 3.62. The van der Waals surface area contributed by atoms with Crippen molar-refractivity contribution in [3.63, 3.8) is 0 Å². The van der Waals surface area contributed by atoms with Gasteiger partial charge < -0.3 is 14.6 Å². The summed E-state index contributed by atoms with van der Waals surface area (Å²) in [6.07, 6.45) is -3.05. The standard InChI is InChI=1S/C18H22BClF3NO3/c1-11(25)24-10-13(19-26-16(2,3)17(4,5)27-19)8-12-6-7-15(20)14(9-12)18(21,22)23/h6-9H,10H2,1-5H3,(H,24,25). The van der Waals surface area contributed by atoms with Crippen molar-refractivity contribution in [2.45, 2.75) is 52.0 Å². The Morgan fingerprint density at radius 3 is 2.26 bits per heavy atom. The summed E-state index contributed by atoms with van der Waals surface area (Å²) in [6.45, 7) is 8.91. The zero-order valence-electron chi connectivity index (χ0n) is 15.8. The Morgan fingerprint density at radius 2 is 1.78 bits per heavy atom. The zero-order valence-corrected chi connectivity index (χ0v) is 16.6. The van der Waals surface area contributed by atoms with Gasteiger partial charge >= 0.3 is 13.3 Å². The van der Waals surface area contributed by atoms with E-state index in [2.05, 4.69) is 5.32 Å². The highest BCUT2D eigenvalue weighted by molar-refractivity contribution is 6.56. The van der Waals surface area contributed by atoms with E-state index < -0.39 is 30.1 Å². The molecule has 0 radical (unpaired) electrons. The number of hydrogen-bond acceptors (Lipinski definition) is 3. The quantitative estimate of drug-likeness (QED) is 0.753. The van der Waals surface area contributed by atoms with Gasteiger partial charge in [0.25, 0.3) is 0 Å². The van der Waals surface area contributed by atoms with Crippen LogP contribution in [0.2, 0.25) is 5.02 Å². The molecule has 148 valence electrons. The smallest absolute Gasteiger partial charge is 0.400 e. The second-order valence-electron chi connectivity index (χ2n) is 7.45. The Labute approximate surface area is 162 Å². The van der Waals surface area contributed by atoms with Crippen LogP contribution in [0.25, 0.3) is 6.08 Å². The van der Waals surface area contributed by atoms with E-state index >= 15 is 0 Å². The summed E-state index contributed by atoms with van der Waals surface area (Å²) >= 11 is 5.67. The van der Waals surface area contributed by atoms with E-state index in [4.69, 9.17) is 20.9 Å². The fraction of sp³-hybridized carbons (Fsp3) is 0.500. The monoisotopic (exact) mass is 403 g/mol. The third-order valence-electron chi connectivity index (χ3n) is 4.75. The van der Waals surface area contributed by atoms with Crippen LogP contribution in [-0.4, -0.2) is 30.8 Å². The van der Waals surface area contributed by atoms with E-state index in [1.54, 1.807) is 0 Å². The van der Waals surface area contributed by atoms with Crippen LogP contribution < -0.4 is 5.32 Å². The third kappa shape index (κ3) is 5.06. The fourth-order valence-electron chi connectivity index (χ4n) is 2.49. The largest absolute Gasteiger partial charge is 0.492 e. The van der Waals surface area contributed by atoms with Gasteiger partial charge in [0, 0.05) is 13.5 Å². The van der Waals surface area contributed by atoms with Gasteiger partial charge in [-0.05, 0) is 50.9 Å². The first-order chi connectivity index (χ1) is 12.2. The molecule has 0 aromatic heterocycles. The Kier molecular flexibility index (Phi) is 6.04. The number of benzene rings is 1. The molecule has 1 amide bonds. The fourth-order valence-corrected chi connectivity index (χ4v) is 2.71. The van der Waals surface area contributed by atoms with Crippen LogP contribution in [0.5, 0.6) is 0 Å². The van der Waals surface area contributed by atoms with E-state index in [-0.39, 0.29) is 23.0 Å². The lowest BCUT2D eigenvalue weighted by molar-refractivity contribution is -0.137. The lowest BCUT2D eigenvalue weighted by Crippen LogP contribution is -2.41. The summed E-state index contributed by atoms with van der Waals surface area (Å²) in [5.41, 5.74) is -1.39. The molecule has 1 aliphatic rings. The first-order valence-electron chi connectivity index (χ1n) is 8.40. The minimum atomic E-state index is -4.57. The van der Waals surface area contributed by atoms with Gasteiger partial charge in [0.2, 0.25) is 5.91 Å². The number of nitrogens with one attached hydrogen (secondary N) is 1. The topological polar surface area (TPSA) is 47.6 Å². The van der Waals surface area contributed by atoms with Gasteiger partial charge in [-0.3, -0.25) is 4.79 Å². The second kappa shape index (κ2) is 7.49. The molecule has 27 heavy (non-hydrogen) atoms. The van der Waals surface area contributed by atoms with Crippen LogP contribution in [-0.2, 0) is 20.3 Å². The maximum atomic E-state index is 13.1. The highest BCUT2D eigenvalue weighted by atomic mass is 35.5. The van der Waals surface area contributed by atoms with E-state index in [1.165, 1.54) is 25.1 Å². The minimum absolute atomic E-state index is 0.0795. The molecule has 0 aliphatic carbocycles. The summed E-state index contributed by atoms with van der Waals surface area (Å²) < 4.78 is 51.3. The van der Waals surface area contributed by atoms with Crippen molar-refractivity contribution in [3.8, 4) is 0 Å². The first kappa shape index (κ1) is 21.8. The molecule has 9 heteroatoms. The number of rotatable bonds is 4. The molecule has 2 rings (SSSR count). The van der Waals surface area contributed by atoms with Crippen LogP contribution in [0, 0.1) is 0 Å². The SMILES string of the molecule is CC(=O)NCC(=Cc1ccc(Cl)c(C(F)(F)F)c1)B1OC(C)(C)C(C)(C)O1. The van der Waals surface area contributed by atoms with E-state index in [0.717, 1.165) is 6.07 Å². The average Bonchev–Trinajstić information content (AvgIpc) is 2.72. The minimum Gasteiger partial charge on any atom is -0.400 e. The van der Waals surface area contributed by atoms with E-state index in [1.807, 2.05) is 27.7 Å². The maximum Gasteiger partial charge on any atom is 0.492 e. The summed E-state index contributed by atoms with van der Waals surface area (Å²) in [5.74, 6) is -0.274. The summed E-state index contributed by atoms with van der Waals surface area (Å²) in [7, 11) is -0.799. The predicted molar refractivity (Wildman–Crippen MR) is 99.2 cm³/mol. The molecule has 0 unspecified atom stereocenters. The van der Waals surface area contributed by atoms with Crippen LogP contribution in [0.4, 0.5) is 13.2 Å². The molecule has 0 spiro atoms. The molecule has 0 atom stereocenters. The molecule has 1 fully saturated rings. The Balaban J connectivity index is 2.42. The van der Waals surface area contributed by atoms with E-state index in [0.29, 0.717) is 5.47 Å². The normalized spacial score (nSPS) is 19.3. The third-order valence-corrected chi connectivity index (χ3v) is 5.07. The van der Waals surface area contributed by atoms with Crippen molar-refractivity contribution < 1.29 is 27.3 Å². The van der Waals surface area contributed by atoms with Crippen molar-refractivity contribution in [1.82, 2.24) is 5.32 Å². The van der Waals surface area contributed by atoms with Crippen molar-refractivity contribution in [3.05, 3.63) is 39.8 Å². The molecule has 4 nitrogen and oxygen atoms in total. The van der Waals surface area contributed by atoms with Gasteiger partial charge in [0.1, 0.15) is 0 Å². The molecule has 1 aromatic rings. The van der Waals surface area contributed by atoms with E-state index in [9.17, 15) is 18.0 Å². The number of halogens is 4. The van der Waals surface area contributed by atoms with Gasteiger partial charge in [-0.1, -0.05) is 23.7 Å². The van der Waals surface area contributed by atoms with Crippen molar-refractivity contribution in [2.24, 2.45) is 0 Å². The molecule has 1 aliphatic heterocycles. The lowest BCUT2D eigenvalue weighted by Gasteiger charge is -2.32. The highest BCUT2D eigenvalue weighted by Crippen LogP contribution is 2.39. The van der Waals surface area contributed by atoms with Crippen LogP contribution >= 0.6 is 11.6 Å². The Hall–Kier alpha value is -1.51. The Morgan fingerprint density at radius 1 is 1.22 bits per heavy atom. The molecule has 1 N–H and O–H groups in total. The summed E-state index contributed by atoms with van der Waals surface area (Å²) in [4.78, 5) is 11.3. The van der Waals surface area contributed by atoms with Gasteiger partial charge in [0.15, 0.2) is 0 Å². The van der Waals surface area contributed by atoms with Gasteiger partial charge in [-0.15, -0.1) is 0 Å². The van der Waals surface area contributed by atoms with Gasteiger partial charge in [0.05, 0.1) is 21.8 Å². The van der Waals surface area contributed by atoms with Crippen LogP contribution in [0.15, 0.2) is 23.7 Å². The number of carbonyl (C=O) groups excluding carboxylic acids is 1. The van der Waals surface area contributed by atoms with Crippen LogP contribution in [0.3, 0.4) is 0 Å². The number of alkyl halides is 3. The number of carbonyl (C=O) groups is 1. The molecule has 1 heterocycles. The van der Waals surface area contributed by atoms with Crippen molar-refractivity contribution in [2.75, 3.05) is 6.54 Å². The molecular weight excluding hydrogens is 381 g/mol. The van der Waals surface area contributed by atoms with Crippen molar-refractivity contribution >= 4 is 30.7 Å². The molecule has 0 bridgehead atoms. The second-order valence-corrected chi connectivity index (χ2v) is 7.86. The maximum absolute atomic E-state index is 13.1. The molecular formula is C18H22BClF3NO3. The van der Waals surface area contributed by atoms with Gasteiger partial charge in [-0.25, -0.2) is 0 Å². The summed E-state index contributed by atoms with van der Waals surface area (Å²) in [5, 5.41) is 2.26. The lowest BCUT2D eigenvalue weighted by atomic mass is 9.77. The zero-order chi connectivity index (χ0) is 20.6. The molecule has 1 saturated heterocycles.